The third kappa shape index (κ3) is 3.83. The second-order valence-corrected chi connectivity index (χ2v) is 4.62. The van der Waals surface area contributed by atoms with Gasteiger partial charge in [-0.1, -0.05) is 20.8 Å². The van der Waals surface area contributed by atoms with E-state index < -0.39 is 0 Å². The van der Waals surface area contributed by atoms with E-state index in [-0.39, 0.29) is 6.61 Å². The summed E-state index contributed by atoms with van der Waals surface area (Å²) in [6.07, 6.45) is 2.16. The van der Waals surface area contributed by atoms with Crippen LogP contribution in [0.1, 0.15) is 39.4 Å². The normalized spacial score (nSPS) is 12.0. The predicted molar refractivity (Wildman–Crippen MR) is 52.4 cm³/mol. The Labute approximate surface area is 84.1 Å². The van der Waals surface area contributed by atoms with E-state index in [2.05, 4.69) is 36.2 Å². The average molecular weight is 198 g/mol. The molecular weight excluding hydrogens is 180 g/mol. The Balaban J connectivity index is 2.31. The first-order chi connectivity index (χ1) is 6.51. The lowest BCUT2D eigenvalue weighted by molar-refractivity contribution is 0.270. The van der Waals surface area contributed by atoms with E-state index in [0.717, 1.165) is 19.4 Å². The fourth-order valence-corrected chi connectivity index (χ4v) is 1.19. The smallest absolute Gasteiger partial charge is 0.200 e. The number of aliphatic hydroxyl groups excluding tert-OH is 1. The molecule has 0 spiro atoms. The molecule has 0 saturated carbocycles. The molecule has 0 aliphatic rings. The number of hydrogen-bond acceptors (Lipinski definition) is 4. The first-order valence-corrected chi connectivity index (χ1v) is 4.89. The molecule has 0 amide bonds. The summed E-state index contributed by atoms with van der Waals surface area (Å²) in [5.41, 5.74) is 0.348. The molecule has 1 aromatic rings. The molecule has 80 valence electrons. The highest BCUT2D eigenvalue weighted by atomic mass is 16.3. The van der Waals surface area contributed by atoms with Crippen LogP contribution in [0.25, 0.3) is 0 Å². The van der Waals surface area contributed by atoms with Crippen LogP contribution in [0.2, 0.25) is 0 Å². The van der Waals surface area contributed by atoms with E-state index in [1.54, 1.807) is 0 Å². The zero-order valence-electron chi connectivity index (χ0n) is 9.06. The van der Waals surface area contributed by atoms with Gasteiger partial charge >= 0.3 is 0 Å². The van der Waals surface area contributed by atoms with Gasteiger partial charge in [0.2, 0.25) is 0 Å². The molecule has 0 radical (unpaired) electrons. The van der Waals surface area contributed by atoms with Crippen LogP contribution in [-0.2, 0) is 13.2 Å². The van der Waals surface area contributed by atoms with Crippen LogP contribution in [0.15, 0.2) is 0 Å². The second-order valence-electron chi connectivity index (χ2n) is 4.62. The monoisotopic (exact) mass is 198 g/mol. The van der Waals surface area contributed by atoms with Crippen LogP contribution in [0.4, 0.5) is 0 Å². The molecule has 0 aliphatic carbocycles. The maximum absolute atomic E-state index is 8.73. The molecule has 14 heavy (non-hydrogen) atoms. The molecule has 0 bridgehead atoms. The van der Waals surface area contributed by atoms with Gasteiger partial charge in [-0.15, -0.1) is 10.2 Å². The third-order valence-corrected chi connectivity index (χ3v) is 1.92. The van der Waals surface area contributed by atoms with Gasteiger partial charge in [-0.25, -0.2) is 0 Å². The summed E-state index contributed by atoms with van der Waals surface area (Å²) in [5, 5.41) is 20.2. The number of nitrogens with zero attached hydrogens (tertiary/aromatic N) is 4. The fourth-order valence-electron chi connectivity index (χ4n) is 1.19. The lowest BCUT2D eigenvalue weighted by Crippen LogP contribution is -2.09. The van der Waals surface area contributed by atoms with E-state index in [1.165, 1.54) is 4.80 Å². The van der Waals surface area contributed by atoms with E-state index >= 15 is 0 Å². The second kappa shape index (κ2) is 4.50. The van der Waals surface area contributed by atoms with Crippen molar-refractivity contribution in [1.29, 1.82) is 0 Å². The summed E-state index contributed by atoms with van der Waals surface area (Å²) in [6.45, 7) is 7.26. The zero-order chi connectivity index (χ0) is 10.6. The van der Waals surface area contributed by atoms with Crippen LogP contribution in [0, 0.1) is 5.41 Å². The predicted octanol–water partition coefficient (Wildman–Crippen LogP) is 0.992. The van der Waals surface area contributed by atoms with Crippen molar-refractivity contribution in [3.05, 3.63) is 5.82 Å². The molecular formula is C9H18N4O. The van der Waals surface area contributed by atoms with Crippen molar-refractivity contribution >= 4 is 0 Å². The Hall–Kier alpha value is -0.970. The summed E-state index contributed by atoms with van der Waals surface area (Å²) in [5.74, 6) is 0.390. The Bertz CT molecular complexity index is 277. The molecule has 5 nitrogen and oxygen atoms in total. The minimum Gasteiger partial charge on any atom is -0.388 e. The molecule has 0 unspecified atom stereocenters. The number of rotatable bonds is 4. The number of aromatic nitrogens is 4. The van der Waals surface area contributed by atoms with Crippen molar-refractivity contribution in [1.82, 2.24) is 20.2 Å². The first-order valence-electron chi connectivity index (χ1n) is 4.89. The standard InChI is InChI=1S/C9H18N4O/c1-9(2,3)5-4-6-13-11-8(7-14)10-12-13/h14H,4-7H2,1-3H3. The van der Waals surface area contributed by atoms with Crippen LogP contribution in [0.3, 0.4) is 0 Å². The molecule has 1 heterocycles. The van der Waals surface area contributed by atoms with Gasteiger partial charge in [-0.05, 0) is 23.5 Å². The molecule has 5 heteroatoms. The van der Waals surface area contributed by atoms with E-state index in [4.69, 9.17) is 5.11 Å². The summed E-state index contributed by atoms with van der Waals surface area (Å²) in [6, 6.07) is 0. The molecule has 0 aromatic carbocycles. The lowest BCUT2D eigenvalue weighted by atomic mass is 9.91. The average Bonchev–Trinajstić information content (AvgIpc) is 2.50. The van der Waals surface area contributed by atoms with Crippen molar-refractivity contribution in [3.63, 3.8) is 0 Å². The minimum absolute atomic E-state index is 0.140. The fraction of sp³-hybridized carbons (Fsp3) is 0.889. The number of tetrazole rings is 1. The van der Waals surface area contributed by atoms with Crippen molar-refractivity contribution in [2.24, 2.45) is 5.41 Å². The Kier molecular flexibility index (Phi) is 3.57. The first kappa shape index (κ1) is 11.1. The molecule has 1 N–H and O–H groups in total. The van der Waals surface area contributed by atoms with Crippen molar-refractivity contribution in [3.8, 4) is 0 Å². The largest absolute Gasteiger partial charge is 0.388 e. The highest BCUT2D eigenvalue weighted by Crippen LogP contribution is 2.20. The van der Waals surface area contributed by atoms with E-state index in [0.29, 0.717) is 11.2 Å². The molecule has 0 saturated heterocycles. The highest BCUT2D eigenvalue weighted by Gasteiger charge is 2.09. The van der Waals surface area contributed by atoms with Crippen LogP contribution < -0.4 is 0 Å². The van der Waals surface area contributed by atoms with Gasteiger partial charge in [-0.2, -0.15) is 4.80 Å². The molecule has 0 aliphatic heterocycles. The quantitative estimate of drug-likeness (QED) is 0.783. The molecule has 1 rings (SSSR count). The molecule has 1 aromatic heterocycles. The van der Waals surface area contributed by atoms with Gasteiger partial charge < -0.3 is 5.11 Å². The zero-order valence-corrected chi connectivity index (χ0v) is 9.06. The Morgan fingerprint density at radius 1 is 1.36 bits per heavy atom. The SMILES string of the molecule is CC(C)(C)CCCn1nnc(CO)n1. The summed E-state index contributed by atoms with van der Waals surface area (Å²) >= 11 is 0. The van der Waals surface area contributed by atoms with Crippen molar-refractivity contribution in [2.75, 3.05) is 0 Å². The topological polar surface area (TPSA) is 63.8 Å². The Morgan fingerprint density at radius 3 is 2.57 bits per heavy atom. The lowest BCUT2D eigenvalue weighted by Gasteiger charge is -2.16. The number of aryl methyl sites for hydroxylation is 1. The number of hydrogen-bond donors (Lipinski definition) is 1. The highest BCUT2D eigenvalue weighted by molar-refractivity contribution is 4.70. The van der Waals surface area contributed by atoms with Gasteiger partial charge in [0.15, 0.2) is 5.82 Å². The number of aliphatic hydroxyl groups is 1. The van der Waals surface area contributed by atoms with Crippen LogP contribution >= 0.6 is 0 Å². The summed E-state index contributed by atoms with van der Waals surface area (Å²) in [4.78, 5) is 1.54. The third-order valence-electron chi connectivity index (χ3n) is 1.92. The maximum atomic E-state index is 8.73. The van der Waals surface area contributed by atoms with Gasteiger partial charge in [0, 0.05) is 0 Å². The van der Waals surface area contributed by atoms with Gasteiger partial charge in [-0.3, -0.25) is 0 Å². The van der Waals surface area contributed by atoms with Crippen LogP contribution in [0.5, 0.6) is 0 Å². The van der Waals surface area contributed by atoms with Gasteiger partial charge in [0.1, 0.15) is 6.61 Å². The summed E-state index contributed by atoms with van der Waals surface area (Å²) < 4.78 is 0. The molecule has 0 fully saturated rings. The van der Waals surface area contributed by atoms with Crippen molar-refractivity contribution in [2.45, 2.75) is 46.8 Å². The Morgan fingerprint density at radius 2 is 2.07 bits per heavy atom. The maximum Gasteiger partial charge on any atom is 0.200 e. The van der Waals surface area contributed by atoms with E-state index in [9.17, 15) is 0 Å². The van der Waals surface area contributed by atoms with Gasteiger partial charge in [0.25, 0.3) is 0 Å². The van der Waals surface area contributed by atoms with E-state index in [1.807, 2.05) is 0 Å². The summed E-state index contributed by atoms with van der Waals surface area (Å²) in [7, 11) is 0. The minimum atomic E-state index is -0.140. The molecule has 0 atom stereocenters. The van der Waals surface area contributed by atoms with Crippen molar-refractivity contribution < 1.29 is 5.11 Å². The van der Waals surface area contributed by atoms with Crippen LogP contribution in [-0.4, -0.2) is 25.3 Å². The van der Waals surface area contributed by atoms with Gasteiger partial charge in [0.05, 0.1) is 6.54 Å².